The van der Waals surface area contributed by atoms with Crippen molar-refractivity contribution in [3.8, 4) is 0 Å². The van der Waals surface area contributed by atoms with Crippen LogP contribution in [0.25, 0.3) is 6.08 Å². The molecule has 0 radical (unpaired) electrons. The lowest BCUT2D eigenvalue weighted by molar-refractivity contribution is 0.388. The molecule has 166 valence electrons. The van der Waals surface area contributed by atoms with Crippen LogP contribution < -0.4 is 10.2 Å². The van der Waals surface area contributed by atoms with E-state index in [0.717, 1.165) is 17.1 Å². The highest BCUT2D eigenvalue weighted by molar-refractivity contribution is 7.92. The molecule has 8 heteroatoms. The van der Waals surface area contributed by atoms with Crippen molar-refractivity contribution in [1.82, 2.24) is 14.3 Å². The number of aromatic nitrogens is 2. The largest absolute Gasteiger partial charge is 0.354 e. The number of rotatable bonds is 6. The van der Waals surface area contributed by atoms with E-state index in [-0.39, 0.29) is 0 Å². The van der Waals surface area contributed by atoms with E-state index in [1.807, 2.05) is 43.3 Å². The lowest BCUT2D eigenvalue weighted by atomic mass is 9.96. The van der Waals surface area contributed by atoms with Gasteiger partial charge in [-0.2, -0.15) is 9.29 Å². The maximum absolute atomic E-state index is 12.7. The summed E-state index contributed by atoms with van der Waals surface area (Å²) in [6.07, 6.45) is 7.81. The maximum Gasteiger partial charge on any atom is 0.236 e. The Morgan fingerprint density at radius 2 is 1.71 bits per heavy atom. The second-order valence-corrected chi connectivity index (χ2v) is 10.1. The maximum atomic E-state index is 12.7. The van der Waals surface area contributed by atoms with Gasteiger partial charge in [0.25, 0.3) is 0 Å². The third-order valence-electron chi connectivity index (χ3n) is 5.93. The quantitative estimate of drug-likeness (QED) is 0.737. The predicted molar refractivity (Wildman–Crippen MR) is 125 cm³/mol. The van der Waals surface area contributed by atoms with E-state index in [0.29, 0.717) is 38.2 Å². The fourth-order valence-corrected chi connectivity index (χ4v) is 5.37. The van der Waals surface area contributed by atoms with Gasteiger partial charge in [-0.1, -0.05) is 49.6 Å². The molecule has 1 N–H and O–H groups in total. The Kier molecular flexibility index (Phi) is 6.87. The van der Waals surface area contributed by atoms with Crippen molar-refractivity contribution in [2.45, 2.75) is 45.1 Å². The molecule has 2 fully saturated rings. The van der Waals surface area contributed by atoms with Crippen LogP contribution in [-0.2, 0) is 10.0 Å². The first-order chi connectivity index (χ1) is 15.0. The van der Waals surface area contributed by atoms with Crippen LogP contribution in [0.4, 0.5) is 11.8 Å². The van der Waals surface area contributed by atoms with Crippen LogP contribution in [0, 0.1) is 6.92 Å². The third kappa shape index (κ3) is 5.83. The molecule has 2 heterocycles. The van der Waals surface area contributed by atoms with Crippen molar-refractivity contribution < 1.29 is 8.42 Å². The third-order valence-corrected chi connectivity index (χ3v) is 7.50. The average molecular weight is 442 g/mol. The average Bonchev–Trinajstić information content (AvgIpc) is 2.79. The van der Waals surface area contributed by atoms with Gasteiger partial charge in [0, 0.05) is 49.4 Å². The Balaban J connectivity index is 1.38. The fourth-order valence-electron chi connectivity index (χ4n) is 4.19. The Hall–Kier alpha value is -2.45. The van der Waals surface area contributed by atoms with E-state index < -0.39 is 10.0 Å². The summed E-state index contributed by atoms with van der Waals surface area (Å²) in [5, 5.41) is 4.81. The highest BCUT2D eigenvalue weighted by Gasteiger charge is 2.26. The SMILES string of the molecule is Cc1cc(N2CCN(S(=O)(=O)/C=C/c3ccccc3)CC2)nc(NC2CCCCC2)n1. The van der Waals surface area contributed by atoms with Gasteiger partial charge in [-0.05, 0) is 31.4 Å². The molecule has 7 nitrogen and oxygen atoms in total. The number of benzene rings is 1. The van der Waals surface area contributed by atoms with Crippen LogP contribution in [0.15, 0.2) is 41.8 Å². The zero-order valence-electron chi connectivity index (χ0n) is 18.1. The van der Waals surface area contributed by atoms with E-state index >= 15 is 0 Å². The van der Waals surface area contributed by atoms with Gasteiger partial charge >= 0.3 is 0 Å². The molecule has 1 aliphatic heterocycles. The zero-order chi connectivity index (χ0) is 21.7. The normalized spacial score (nSPS) is 19.1. The minimum absolute atomic E-state index is 0.440. The monoisotopic (exact) mass is 441 g/mol. The van der Waals surface area contributed by atoms with E-state index in [1.165, 1.54) is 41.8 Å². The fraction of sp³-hybridized carbons (Fsp3) is 0.478. The van der Waals surface area contributed by atoms with Crippen molar-refractivity contribution in [3.05, 3.63) is 53.1 Å². The minimum Gasteiger partial charge on any atom is -0.354 e. The first-order valence-electron chi connectivity index (χ1n) is 11.1. The molecule has 1 aliphatic carbocycles. The molecular weight excluding hydrogens is 410 g/mol. The standard InChI is InChI=1S/C23H31N5O2S/c1-19-18-22(26-23(24-19)25-21-10-6-3-7-11-21)27-13-15-28(16-14-27)31(29,30)17-12-20-8-4-2-5-9-20/h2,4-5,8-9,12,17-18,21H,3,6-7,10-11,13-16H2,1H3,(H,24,25,26)/b17-12+. The van der Waals surface area contributed by atoms with Crippen LogP contribution >= 0.6 is 0 Å². The van der Waals surface area contributed by atoms with E-state index in [1.54, 1.807) is 6.08 Å². The summed E-state index contributed by atoms with van der Waals surface area (Å²) in [6, 6.07) is 11.9. The van der Waals surface area contributed by atoms with Crippen molar-refractivity contribution >= 4 is 27.9 Å². The highest BCUT2D eigenvalue weighted by Crippen LogP contribution is 2.23. The Labute approximate surface area is 185 Å². The molecule has 1 aromatic carbocycles. The number of piperazine rings is 1. The Morgan fingerprint density at radius 1 is 1.00 bits per heavy atom. The topological polar surface area (TPSA) is 78.4 Å². The number of nitrogens with zero attached hydrogens (tertiary/aromatic N) is 4. The molecule has 2 aromatic rings. The van der Waals surface area contributed by atoms with Gasteiger partial charge in [0.05, 0.1) is 0 Å². The number of hydrogen-bond acceptors (Lipinski definition) is 6. The van der Waals surface area contributed by atoms with Crippen LogP contribution in [0.5, 0.6) is 0 Å². The molecule has 0 bridgehead atoms. The first kappa shape index (κ1) is 21.8. The smallest absolute Gasteiger partial charge is 0.236 e. The number of sulfonamides is 1. The number of hydrogen-bond donors (Lipinski definition) is 1. The summed E-state index contributed by atoms with van der Waals surface area (Å²) < 4.78 is 27.0. The molecule has 31 heavy (non-hydrogen) atoms. The predicted octanol–water partition coefficient (Wildman–Crippen LogP) is 3.65. The van der Waals surface area contributed by atoms with E-state index in [4.69, 9.17) is 4.98 Å². The Bertz CT molecular complexity index is 996. The van der Waals surface area contributed by atoms with Gasteiger partial charge in [0.1, 0.15) is 5.82 Å². The number of nitrogens with one attached hydrogen (secondary N) is 1. The van der Waals surface area contributed by atoms with Crippen LogP contribution in [-0.4, -0.2) is 54.9 Å². The van der Waals surface area contributed by atoms with Crippen LogP contribution in [0.2, 0.25) is 0 Å². The second-order valence-electron chi connectivity index (χ2n) is 8.31. The molecule has 1 saturated heterocycles. The van der Waals surface area contributed by atoms with Crippen molar-refractivity contribution in [2.75, 3.05) is 36.4 Å². The lowest BCUT2D eigenvalue weighted by Crippen LogP contribution is -2.48. The first-order valence-corrected chi connectivity index (χ1v) is 12.6. The molecule has 0 unspecified atom stereocenters. The van der Waals surface area contributed by atoms with Gasteiger partial charge < -0.3 is 10.2 Å². The molecule has 2 aliphatic rings. The molecule has 0 atom stereocenters. The van der Waals surface area contributed by atoms with Gasteiger partial charge in [0.15, 0.2) is 0 Å². The molecule has 0 spiro atoms. The molecule has 0 amide bonds. The number of anilines is 2. The van der Waals surface area contributed by atoms with Crippen molar-refractivity contribution in [1.29, 1.82) is 0 Å². The van der Waals surface area contributed by atoms with Crippen molar-refractivity contribution in [2.24, 2.45) is 0 Å². The van der Waals surface area contributed by atoms with Crippen molar-refractivity contribution in [3.63, 3.8) is 0 Å². The molecule has 4 rings (SSSR count). The molecular formula is C23H31N5O2S. The van der Waals surface area contributed by atoms with E-state index in [2.05, 4.69) is 15.2 Å². The van der Waals surface area contributed by atoms with Gasteiger partial charge in [-0.15, -0.1) is 0 Å². The summed E-state index contributed by atoms with van der Waals surface area (Å²) in [7, 11) is -3.44. The van der Waals surface area contributed by atoms with Crippen LogP contribution in [0.3, 0.4) is 0 Å². The summed E-state index contributed by atoms with van der Waals surface area (Å²) in [5.74, 6) is 1.55. The minimum atomic E-state index is -3.44. The van der Waals surface area contributed by atoms with Gasteiger partial charge in [-0.25, -0.2) is 13.4 Å². The number of aryl methyl sites for hydroxylation is 1. The second kappa shape index (κ2) is 9.78. The van der Waals surface area contributed by atoms with Crippen LogP contribution in [0.1, 0.15) is 43.4 Å². The zero-order valence-corrected chi connectivity index (χ0v) is 18.9. The molecule has 1 aromatic heterocycles. The highest BCUT2D eigenvalue weighted by atomic mass is 32.2. The van der Waals surface area contributed by atoms with Gasteiger partial charge in [0.2, 0.25) is 16.0 Å². The summed E-state index contributed by atoms with van der Waals surface area (Å²) in [6.45, 7) is 4.08. The summed E-state index contributed by atoms with van der Waals surface area (Å²) >= 11 is 0. The van der Waals surface area contributed by atoms with Gasteiger partial charge in [-0.3, -0.25) is 0 Å². The molecule has 1 saturated carbocycles. The summed E-state index contributed by atoms with van der Waals surface area (Å²) in [5.41, 5.74) is 1.79. The van der Waals surface area contributed by atoms with E-state index in [9.17, 15) is 8.42 Å². The summed E-state index contributed by atoms with van der Waals surface area (Å²) in [4.78, 5) is 11.4. The Morgan fingerprint density at radius 3 is 2.42 bits per heavy atom. The lowest BCUT2D eigenvalue weighted by Gasteiger charge is -2.34.